The molecule has 0 saturated heterocycles. The average molecular weight is 244 g/mol. The van der Waals surface area contributed by atoms with Crippen LogP contribution < -0.4 is 0 Å². The van der Waals surface area contributed by atoms with E-state index >= 15 is 0 Å². The van der Waals surface area contributed by atoms with Crippen LogP contribution in [0.15, 0.2) is 0 Å². The fourth-order valence-corrected chi connectivity index (χ4v) is 2.08. The number of hydrogen-bond donors (Lipinski definition) is 0. The first-order chi connectivity index (χ1) is 7.93. The van der Waals surface area contributed by atoms with Gasteiger partial charge in [0, 0.05) is 20.6 Å². The van der Waals surface area contributed by atoms with Crippen LogP contribution in [0, 0.1) is 11.8 Å². The van der Waals surface area contributed by atoms with Gasteiger partial charge < -0.3 is 9.47 Å². The highest BCUT2D eigenvalue weighted by atomic mass is 16.7. The maximum atomic E-state index is 5.36. The van der Waals surface area contributed by atoms with E-state index in [0.29, 0.717) is 0 Å². The van der Waals surface area contributed by atoms with E-state index in [4.69, 9.17) is 9.47 Å². The van der Waals surface area contributed by atoms with E-state index in [2.05, 4.69) is 20.8 Å². The first-order valence-electron chi connectivity index (χ1n) is 7.04. The Hall–Kier alpha value is -0.0800. The monoisotopic (exact) mass is 244 g/mol. The van der Waals surface area contributed by atoms with Crippen LogP contribution in [0.4, 0.5) is 0 Å². The highest BCUT2D eigenvalue weighted by molar-refractivity contribution is 4.64. The van der Waals surface area contributed by atoms with Gasteiger partial charge in [-0.1, -0.05) is 46.5 Å². The van der Waals surface area contributed by atoms with Crippen LogP contribution in [0.5, 0.6) is 0 Å². The number of ether oxygens (including phenoxy) is 2. The minimum Gasteiger partial charge on any atom is -0.353 e. The van der Waals surface area contributed by atoms with Gasteiger partial charge in [0.2, 0.25) is 0 Å². The molecule has 0 aliphatic rings. The Bertz CT molecular complexity index is 174. The van der Waals surface area contributed by atoms with Crippen LogP contribution in [-0.2, 0) is 9.47 Å². The summed E-state index contributed by atoms with van der Waals surface area (Å²) in [7, 11) is 3.44. The van der Waals surface area contributed by atoms with Gasteiger partial charge in [-0.3, -0.25) is 0 Å². The van der Waals surface area contributed by atoms with Crippen molar-refractivity contribution >= 4 is 0 Å². The van der Waals surface area contributed by atoms with Crippen molar-refractivity contribution in [3.8, 4) is 0 Å². The molecule has 0 amide bonds. The molecule has 0 aliphatic carbocycles. The SMILES string of the molecule is COC(C)(CCC[C@H](C)CCCC(C)C)OC. The zero-order valence-electron chi connectivity index (χ0n) is 12.7. The summed E-state index contributed by atoms with van der Waals surface area (Å²) >= 11 is 0. The largest absolute Gasteiger partial charge is 0.353 e. The summed E-state index contributed by atoms with van der Waals surface area (Å²) in [5.41, 5.74) is 0. The summed E-state index contributed by atoms with van der Waals surface area (Å²) in [5, 5.41) is 0. The molecule has 0 unspecified atom stereocenters. The molecule has 0 rings (SSSR count). The summed E-state index contributed by atoms with van der Waals surface area (Å²) in [5.74, 6) is 1.27. The third-order valence-corrected chi connectivity index (χ3v) is 3.67. The molecule has 0 aliphatic heterocycles. The molecule has 1 atom stereocenters. The molecule has 2 nitrogen and oxygen atoms in total. The quantitative estimate of drug-likeness (QED) is 0.522. The van der Waals surface area contributed by atoms with Gasteiger partial charge in [-0.25, -0.2) is 0 Å². The molecule has 0 bridgehead atoms. The van der Waals surface area contributed by atoms with E-state index in [0.717, 1.165) is 18.3 Å². The van der Waals surface area contributed by atoms with Crippen LogP contribution in [0.3, 0.4) is 0 Å². The fraction of sp³-hybridized carbons (Fsp3) is 1.00. The Labute approximate surface area is 108 Å². The van der Waals surface area contributed by atoms with E-state index in [9.17, 15) is 0 Å². The molecular weight excluding hydrogens is 212 g/mol. The van der Waals surface area contributed by atoms with Gasteiger partial charge in [-0.2, -0.15) is 0 Å². The van der Waals surface area contributed by atoms with Gasteiger partial charge in [0.1, 0.15) is 0 Å². The molecule has 0 heterocycles. The Kier molecular flexibility index (Phi) is 8.89. The molecule has 0 aromatic carbocycles. The first-order valence-corrected chi connectivity index (χ1v) is 7.04. The molecular formula is C15H32O2. The van der Waals surface area contributed by atoms with Crippen LogP contribution in [0.25, 0.3) is 0 Å². The highest BCUT2D eigenvalue weighted by Crippen LogP contribution is 2.22. The van der Waals surface area contributed by atoms with Crippen LogP contribution >= 0.6 is 0 Å². The molecule has 0 spiro atoms. The van der Waals surface area contributed by atoms with Crippen molar-refractivity contribution in [2.75, 3.05) is 14.2 Å². The molecule has 17 heavy (non-hydrogen) atoms. The van der Waals surface area contributed by atoms with Gasteiger partial charge in [0.15, 0.2) is 5.79 Å². The summed E-state index contributed by atoms with van der Waals surface area (Å²) in [4.78, 5) is 0. The lowest BCUT2D eigenvalue weighted by Crippen LogP contribution is -2.29. The van der Waals surface area contributed by atoms with E-state index in [1.54, 1.807) is 14.2 Å². The zero-order valence-corrected chi connectivity index (χ0v) is 12.7. The molecule has 104 valence electrons. The zero-order chi connectivity index (χ0) is 13.3. The average Bonchev–Trinajstić information content (AvgIpc) is 2.28. The highest BCUT2D eigenvalue weighted by Gasteiger charge is 2.21. The molecule has 0 N–H and O–H groups in total. The second kappa shape index (κ2) is 8.93. The molecule has 0 aromatic rings. The summed E-state index contributed by atoms with van der Waals surface area (Å²) in [6.07, 6.45) is 7.52. The Balaban J connectivity index is 3.60. The second-order valence-electron chi connectivity index (χ2n) is 5.86. The lowest BCUT2D eigenvalue weighted by Gasteiger charge is -2.26. The standard InChI is InChI=1S/C15H32O2/c1-13(2)9-7-10-14(3)11-8-12-15(4,16-5)17-6/h13-14H,7-12H2,1-6H3/t14-/m1/s1. The fourth-order valence-electron chi connectivity index (χ4n) is 2.08. The van der Waals surface area contributed by atoms with Gasteiger partial charge >= 0.3 is 0 Å². The minimum absolute atomic E-state index is 0.391. The minimum atomic E-state index is -0.391. The third kappa shape index (κ3) is 8.62. The molecule has 0 aromatic heterocycles. The second-order valence-corrected chi connectivity index (χ2v) is 5.86. The molecule has 0 fully saturated rings. The van der Waals surface area contributed by atoms with Crippen molar-refractivity contribution < 1.29 is 9.47 Å². The Morgan fingerprint density at radius 2 is 1.41 bits per heavy atom. The van der Waals surface area contributed by atoms with Gasteiger partial charge in [-0.15, -0.1) is 0 Å². The van der Waals surface area contributed by atoms with Gasteiger partial charge in [0.05, 0.1) is 0 Å². The van der Waals surface area contributed by atoms with Crippen molar-refractivity contribution in [3.63, 3.8) is 0 Å². The Morgan fingerprint density at radius 3 is 1.88 bits per heavy atom. The van der Waals surface area contributed by atoms with Gasteiger partial charge in [-0.05, 0) is 25.2 Å². The van der Waals surface area contributed by atoms with Crippen molar-refractivity contribution in [2.45, 2.75) is 72.0 Å². The van der Waals surface area contributed by atoms with Crippen molar-refractivity contribution in [2.24, 2.45) is 11.8 Å². The molecule has 0 radical (unpaired) electrons. The third-order valence-electron chi connectivity index (χ3n) is 3.67. The summed E-state index contributed by atoms with van der Waals surface area (Å²) < 4.78 is 10.7. The lowest BCUT2D eigenvalue weighted by molar-refractivity contribution is -0.198. The number of hydrogen-bond acceptors (Lipinski definition) is 2. The molecule has 2 heteroatoms. The smallest absolute Gasteiger partial charge is 0.164 e. The van der Waals surface area contributed by atoms with E-state index in [1.165, 1.54) is 32.1 Å². The lowest BCUT2D eigenvalue weighted by atomic mass is 9.94. The predicted molar refractivity (Wildman–Crippen MR) is 74.1 cm³/mol. The normalized spacial score (nSPS) is 14.3. The van der Waals surface area contributed by atoms with Crippen molar-refractivity contribution in [1.29, 1.82) is 0 Å². The molecule has 0 saturated carbocycles. The maximum absolute atomic E-state index is 5.36. The van der Waals surface area contributed by atoms with Crippen LogP contribution in [0.1, 0.15) is 66.2 Å². The van der Waals surface area contributed by atoms with Crippen LogP contribution in [0.2, 0.25) is 0 Å². The number of rotatable bonds is 10. The maximum Gasteiger partial charge on any atom is 0.164 e. The topological polar surface area (TPSA) is 18.5 Å². The van der Waals surface area contributed by atoms with Crippen LogP contribution in [-0.4, -0.2) is 20.0 Å². The van der Waals surface area contributed by atoms with Crippen molar-refractivity contribution in [1.82, 2.24) is 0 Å². The van der Waals surface area contributed by atoms with E-state index < -0.39 is 5.79 Å². The Morgan fingerprint density at radius 1 is 0.882 bits per heavy atom. The summed E-state index contributed by atoms with van der Waals surface area (Å²) in [6.45, 7) is 8.97. The van der Waals surface area contributed by atoms with Crippen molar-refractivity contribution in [3.05, 3.63) is 0 Å². The van der Waals surface area contributed by atoms with E-state index in [1.807, 2.05) is 6.92 Å². The summed E-state index contributed by atoms with van der Waals surface area (Å²) in [6, 6.07) is 0. The predicted octanol–water partition coefficient (Wildman–Crippen LogP) is 4.63. The van der Waals surface area contributed by atoms with E-state index in [-0.39, 0.29) is 0 Å². The first kappa shape index (κ1) is 16.9. The number of methoxy groups -OCH3 is 2. The van der Waals surface area contributed by atoms with Gasteiger partial charge in [0.25, 0.3) is 0 Å².